The summed E-state index contributed by atoms with van der Waals surface area (Å²) in [5.41, 5.74) is 2.38. The number of aryl methyl sites for hydroxylation is 1. The highest BCUT2D eigenvalue weighted by molar-refractivity contribution is 7.87. The molecule has 2 aromatic carbocycles. The largest absolute Gasteiger partial charge is 0.406 e. The van der Waals surface area contributed by atoms with Crippen LogP contribution < -0.4 is 4.18 Å². The van der Waals surface area contributed by atoms with Crippen molar-refractivity contribution in [3.63, 3.8) is 0 Å². The summed E-state index contributed by atoms with van der Waals surface area (Å²) in [5.74, 6) is -2.33. The second-order valence-corrected chi connectivity index (χ2v) is 10.2. The van der Waals surface area contributed by atoms with Crippen molar-refractivity contribution in [2.75, 3.05) is 12.3 Å². The maximum atomic E-state index is 12.7. The van der Waals surface area contributed by atoms with Crippen LogP contribution >= 0.6 is 0 Å². The first-order valence-corrected chi connectivity index (χ1v) is 12.3. The number of nitrogens with zero attached hydrogens (tertiary/aromatic N) is 1. The molecule has 4 nitrogen and oxygen atoms in total. The van der Waals surface area contributed by atoms with Crippen molar-refractivity contribution in [1.29, 1.82) is 0 Å². The van der Waals surface area contributed by atoms with Gasteiger partial charge in [-0.1, -0.05) is 48.0 Å². The van der Waals surface area contributed by atoms with E-state index >= 15 is 0 Å². The van der Waals surface area contributed by atoms with Gasteiger partial charge in [0.05, 0.1) is 0 Å². The first kappa shape index (κ1) is 26.2. The molecule has 0 heterocycles. The highest BCUT2D eigenvalue weighted by Crippen LogP contribution is 2.37. The molecule has 32 heavy (non-hydrogen) atoms. The van der Waals surface area contributed by atoms with Gasteiger partial charge in [-0.2, -0.15) is 21.6 Å². The van der Waals surface area contributed by atoms with Gasteiger partial charge in [-0.25, -0.2) is 0 Å². The lowest BCUT2D eigenvalue weighted by atomic mass is 9.87. The Morgan fingerprint density at radius 1 is 0.969 bits per heavy atom. The van der Waals surface area contributed by atoms with Gasteiger partial charge in [-0.15, -0.1) is 0 Å². The zero-order valence-corrected chi connectivity index (χ0v) is 20.0. The molecule has 0 aliphatic carbocycles. The number of alkyl halides is 3. The summed E-state index contributed by atoms with van der Waals surface area (Å²) < 4.78 is 67.4. The molecule has 0 amide bonds. The van der Waals surface area contributed by atoms with Crippen molar-refractivity contribution in [2.24, 2.45) is 0 Å². The molecule has 2 rings (SSSR count). The number of hydrogen-bond acceptors (Lipinski definition) is 4. The third-order valence-corrected chi connectivity index (χ3v) is 6.42. The van der Waals surface area contributed by atoms with Gasteiger partial charge in [0.15, 0.2) is 5.75 Å². The summed E-state index contributed by atoms with van der Waals surface area (Å²) in [5, 5.41) is 0. The molecule has 2 aromatic rings. The van der Waals surface area contributed by atoms with E-state index in [4.69, 9.17) is 4.18 Å². The van der Waals surface area contributed by atoms with Gasteiger partial charge in [0.1, 0.15) is 5.75 Å². The zero-order chi connectivity index (χ0) is 24.1. The van der Waals surface area contributed by atoms with Crippen molar-refractivity contribution in [1.82, 2.24) is 4.90 Å². The maximum Gasteiger partial charge on any atom is 0.406 e. The molecule has 1 unspecified atom stereocenters. The Morgan fingerprint density at radius 3 is 2.09 bits per heavy atom. The van der Waals surface area contributed by atoms with Crippen LogP contribution in [0.5, 0.6) is 5.75 Å². The minimum absolute atomic E-state index is 0.0608. The molecule has 0 spiro atoms. The molecule has 0 radical (unpaired) electrons. The Kier molecular flexibility index (Phi) is 8.76. The molecule has 0 fully saturated rings. The van der Waals surface area contributed by atoms with Crippen LogP contribution in [0.4, 0.5) is 13.2 Å². The van der Waals surface area contributed by atoms with Crippen LogP contribution in [0.25, 0.3) is 0 Å². The monoisotopic (exact) mass is 471 g/mol. The van der Waals surface area contributed by atoms with Gasteiger partial charge in [0.25, 0.3) is 0 Å². The Balaban J connectivity index is 2.48. The van der Waals surface area contributed by atoms with E-state index in [1.807, 2.05) is 37.3 Å². The van der Waals surface area contributed by atoms with E-state index < -0.39 is 22.0 Å². The van der Waals surface area contributed by atoms with Gasteiger partial charge in [-0.3, -0.25) is 4.90 Å². The summed E-state index contributed by atoms with van der Waals surface area (Å²) in [4.78, 5) is 2.33. The van der Waals surface area contributed by atoms with Gasteiger partial charge in [-0.05, 0) is 59.2 Å². The van der Waals surface area contributed by atoms with E-state index in [2.05, 4.69) is 32.6 Å². The van der Waals surface area contributed by atoms with E-state index in [0.29, 0.717) is 24.1 Å². The van der Waals surface area contributed by atoms with Crippen molar-refractivity contribution in [2.45, 2.75) is 65.2 Å². The van der Waals surface area contributed by atoms with Crippen LogP contribution in [0, 0.1) is 6.92 Å². The lowest BCUT2D eigenvalue weighted by molar-refractivity contribution is -0.107. The zero-order valence-electron chi connectivity index (χ0n) is 19.2. The SMILES string of the molecule is Cc1ccc(OS(=O)(=O)CC(F)(F)F)c(C(CCN(C(C)C)C(C)C)c2ccccc2)c1. The van der Waals surface area contributed by atoms with Gasteiger partial charge < -0.3 is 4.18 Å². The predicted molar refractivity (Wildman–Crippen MR) is 122 cm³/mol. The van der Waals surface area contributed by atoms with Crippen molar-refractivity contribution < 1.29 is 25.8 Å². The van der Waals surface area contributed by atoms with Gasteiger partial charge in [0.2, 0.25) is 0 Å². The fourth-order valence-electron chi connectivity index (χ4n) is 3.96. The minimum Gasteiger partial charge on any atom is -0.382 e. The highest BCUT2D eigenvalue weighted by Gasteiger charge is 2.37. The number of benzene rings is 2. The van der Waals surface area contributed by atoms with Crippen LogP contribution in [0.2, 0.25) is 0 Å². The van der Waals surface area contributed by atoms with Crippen molar-refractivity contribution in [3.05, 3.63) is 65.2 Å². The van der Waals surface area contributed by atoms with Crippen molar-refractivity contribution >= 4 is 10.1 Å². The summed E-state index contributed by atoms with van der Waals surface area (Å²) in [6.07, 6.45) is -4.23. The Hall–Kier alpha value is -2.06. The molecule has 0 saturated carbocycles. The maximum absolute atomic E-state index is 12.7. The molecule has 0 bridgehead atoms. The average molecular weight is 472 g/mol. The average Bonchev–Trinajstić information content (AvgIpc) is 2.65. The molecule has 0 aliphatic heterocycles. The normalized spacial score (nSPS) is 13.7. The highest BCUT2D eigenvalue weighted by atomic mass is 32.2. The third-order valence-electron chi connectivity index (χ3n) is 5.30. The molecule has 8 heteroatoms. The fraction of sp³-hybridized carbons (Fsp3) is 0.500. The summed E-state index contributed by atoms with van der Waals surface area (Å²) in [6, 6.07) is 15.0. The van der Waals surface area contributed by atoms with Crippen LogP contribution in [-0.4, -0.2) is 43.9 Å². The molecular formula is C24H32F3NO3S. The molecule has 1 atom stereocenters. The van der Waals surface area contributed by atoms with Crippen LogP contribution in [-0.2, 0) is 10.1 Å². The smallest absolute Gasteiger partial charge is 0.382 e. The molecule has 0 saturated heterocycles. The summed E-state index contributed by atoms with van der Waals surface area (Å²) in [6.45, 7) is 11.0. The molecule has 0 aliphatic rings. The van der Waals surface area contributed by atoms with E-state index in [-0.39, 0.29) is 11.7 Å². The van der Waals surface area contributed by atoms with Crippen LogP contribution in [0.15, 0.2) is 48.5 Å². The van der Waals surface area contributed by atoms with Gasteiger partial charge in [0, 0.05) is 23.6 Å². The number of halogens is 3. The standard InChI is InChI=1S/C24H32F3NO3S/c1-17(2)28(18(3)4)14-13-21(20-9-7-6-8-10-20)22-15-19(5)11-12-23(22)31-32(29,30)16-24(25,26)27/h6-12,15,17-18,21H,13-14,16H2,1-5H3. The lowest BCUT2D eigenvalue weighted by Gasteiger charge is -2.32. The van der Waals surface area contributed by atoms with E-state index in [9.17, 15) is 21.6 Å². The van der Waals surface area contributed by atoms with Crippen LogP contribution in [0.3, 0.4) is 0 Å². The molecular weight excluding hydrogens is 439 g/mol. The second-order valence-electron chi connectivity index (χ2n) is 8.62. The Bertz CT molecular complexity index is 966. The molecule has 178 valence electrons. The topological polar surface area (TPSA) is 46.6 Å². The molecule has 0 N–H and O–H groups in total. The predicted octanol–water partition coefficient (Wildman–Crippen LogP) is 5.91. The third kappa shape index (κ3) is 7.81. The minimum atomic E-state index is -4.88. The first-order chi connectivity index (χ1) is 14.8. The van der Waals surface area contributed by atoms with Crippen LogP contribution in [0.1, 0.15) is 56.7 Å². The van der Waals surface area contributed by atoms with Crippen molar-refractivity contribution in [3.8, 4) is 5.75 Å². The summed E-state index contributed by atoms with van der Waals surface area (Å²) in [7, 11) is -4.84. The van der Waals surface area contributed by atoms with Gasteiger partial charge >= 0.3 is 16.3 Å². The number of rotatable bonds is 10. The van der Waals surface area contributed by atoms with E-state index in [1.54, 1.807) is 12.1 Å². The summed E-state index contributed by atoms with van der Waals surface area (Å²) >= 11 is 0. The van der Waals surface area contributed by atoms with E-state index in [0.717, 1.165) is 17.7 Å². The Labute approximate surface area is 189 Å². The van der Waals surface area contributed by atoms with E-state index in [1.165, 1.54) is 6.07 Å². The lowest BCUT2D eigenvalue weighted by Crippen LogP contribution is -2.38. The Morgan fingerprint density at radius 2 is 1.56 bits per heavy atom. The quantitative estimate of drug-likeness (QED) is 0.405. The fourth-order valence-corrected chi connectivity index (χ4v) is 4.85. The number of hydrogen-bond donors (Lipinski definition) is 0. The molecule has 0 aromatic heterocycles. The first-order valence-electron chi connectivity index (χ1n) is 10.7. The second kappa shape index (κ2) is 10.7.